The van der Waals surface area contributed by atoms with E-state index >= 15 is 0 Å². The largest absolute Gasteiger partial charge is 0.508 e. The molecular weight excluding hydrogens is 208 g/mol. The lowest BCUT2D eigenvalue weighted by molar-refractivity contribution is -0.126. The normalized spacial score (nSPS) is 12.4. The Kier molecular flexibility index (Phi) is 4.28. The van der Waals surface area contributed by atoms with Crippen LogP contribution in [-0.4, -0.2) is 17.6 Å². The first-order chi connectivity index (χ1) is 7.50. The van der Waals surface area contributed by atoms with Gasteiger partial charge in [-0.25, -0.2) is 0 Å². The summed E-state index contributed by atoms with van der Waals surface area (Å²) in [5, 5.41) is 9.63. The Morgan fingerprint density at radius 1 is 1.62 bits per heavy atom. The highest BCUT2D eigenvalue weighted by Gasteiger charge is 2.10. The molecule has 0 spiro atoms. The fraction of sp³-hybridized carbons (Fsp3) is 0.364. The third-order valence-electron chi connectivity index (χ3n) is 2.12. The zero-order valence-corrected chi connectivity index (χ0v) is 9.36. The van der Waals surface area contributed by atoms with E-state index < -0.39 is 5.91 Å². The number of phenolic OH excluding ortho intramolecular Hbond substituents is 1. The van der Waals surface area contributed by atoms with Gasteiger partial charge in [0.2, 0.25) is 5.91 Å². The third kappa shape index (κ3) is 3.52. The summed E-state index contributed by atoms with van der Waals surface area (Å²) in [6.45, 7) is 3.55. The molecule has 0 aliphatic heterocycles. The molecule has 0 fully saturated rings. The van der Waals surface area contributed by atoms with Crippen LogP contribution >= 0.6 is 0 Å². The van der Waals surface area contributed by atoms with E-state index in [4.69, 9.17) is 10.6 Å². The maximum absolute atomic E-state index is 10.4. The van der Waals surface area contributed by atoms with Crippen LogP contribution in [0, 0.1) is 6.92 Å². The van der Waals surface area contributed by atoms with Crippen LogP contribution < -0.4 is 11.2 Å². The van der Waals surface area contributed by atoms with Gasteiger partial charge < -0.3 is 10.8 Å². The van der Waals surface area contributed by atoms with Gasteiger partial charge in [0.1, 0.15) is 12.4 Å². The molecule has 1 rings (SSSR count). The maximum Gasteiger partial charge on any atom is 0.245 e. The molecule has 1 aromatic carbocycles. The second kappa shape index (κ2) is 5.48. The van der Waals surface area contributed by atoms with Crippen LogP contribution in [0.1, 0.15) is 24.1 Å². The standard InChI is InChI=1S/C11H16N2O3/c1-7-3-4-10(14)9(5-7)8(2)13-16-6-11(12)15/h3-5,8,13-14H,6H2,1-2H3,(H2,12,15). The number of rotatable bonds is 5. The number of hydrogen-bond donors (Lipinski definition) is 3. The van der Waals surface area contributed by atoms with Crippen molar-refractivity contribution in [3.63, 3.8) is 0 Å². The average molecular weight is 224 g/mol. The van der Waals surface area contributed by atoms with E-state index in [1.165, 1.54) is 0 Å². The number of aryl methyl sites for hydroxylation is 1. The topological polar surface area (TPSA) is 84.6 Å². The van der Waals surface area contributed by atoms with E-state index in [-0.39, 0.29) is 18.4 Å². The van der Waals surface area contributed by atoms with E-state index in [1.807, 2.05) is 26.0 Å². The Morgan fingerprint density at radius 3 is 2.94 bits per heavy atom. The zero-order valence-electron chi connectivity index (χ0n) is 9.36. The van der Waals surface area contributed by atoms with Crippen molar-refractivity contribution in [1.82, 2.24) is 5.48 Å². The number of aromatic hydroxyl groups is 1. The summed E-state index contributed by atoms with van der Waals surface area (Å²) >= 11 is 0. The van der Waals surface area contributed by atoms with Gasteiger partial charge in [-0.3, -0.25) is 9.63 Å². The van der Waals surface area contributed by atoms with E-state index in [9.17, 15) is 9.90 Å². The van der Waals surface area contributed by atoms with Crippen LogP contribution in [0.3, 0.4) is 0 Å². The second-order valence-electron chi connectivity index (χ2n) is 3.66. The van der Waals surface area contributed by atoms with Gasteiger partial charge in [-0.15, -0.1) is 0 Å². The fourth-order valence-electron chi connectivity index (χ4n) is 1.32. The highest BCUT2D eigenvalue weighted by Crippen LogP contribution is 2.24. The molecule has 0 saturated carbocycles. The summed E-state index contributed by atoms with van der Waals surface area (Å²) in [5.74, 6) is -0.360. The van der Waals surface area contributed by atoms with Gasteiger partial charge in [-0.2, -0.15) is 5.48 Å². The van der Waals surface area contributed by atoms with Gasteiger partial charge >= 0.3 is 0 Å². The molecule has 5 nitrogen and oxygen atoms in total. The summed E-state index contributed by atoms with van der Waals surface area (Å²) in [5.41, 5.74) is 9.31. The van der Waals surface area contributed by atoms with Crippen molar-refractivity contribution in [2.24, 2.45) is 5.73 Å². The first-order valence-electron chi connectivity index (χ1n) is 4.96. The van der Waals surface area contributed by atoms with Crippen molar-refractivity contribution < 1.29 is 14.7 Å². The minimum atomic E-state index is -0.548. The third-order valence-corrected chi connectivity index (χ3v) is 2.12. The van der Waals surface area contributed by atoms with Crippen molar-refractivity contribution in [2.75, 3.05) is 6.61 Å². The van der Waals surface area contributed by atoms with E-state index in [2.05, 4.69) is 5.48 Å². The average Bonchev–Trinajstić information content (AvgIpc) is 2.21. The number of benzene rings is 1. The monoisotopic (exact) mass is 224 g/mol. The Morgan fingerprint density at radius 2 is 2.31 bits per heavy atom. The molecular formula is C11H16N2O3. The zero-order chi connectivity index (χ0) is 12.1. The summed E-state index contributed by atoms with van der Waals surface area (Å²) in [6.07, 6.45) is 0. The lowest BCUT2D eigenvalue weighted by atomic mass is 10.1. The molecule has 0 aliphatic carbocycles. The van der Waals surface area contributed by atoms with Crippen LogP contribution in [0.2, 0.25) is 0 Å². The van der Waals surface area contributed by atoms with Crippen molar-refractivity contribution >= 4 is 5.91 Å². The number of nitrogens with one attached hydrogen (secondary N) is 1. The van der Waals surface area contributed by atoms with Gasteiger partial charge in [-0.1, -0.05) is 17.7 Å². The molecule has 0 aliphatic rings. The summed E-state index contributed by atoms with van der Waals surface area (Å²) in [4.78, 5) is 15.3. The predicted octanol–water partition coefficient (Wildman–Crippen LogP) is 0.768. The molecule has 1 amide bonds. The number of hydrogen-bond acceptors (Lipinski definition) is 4. The molecule has 0 radical (unpaired) electrons. The van der Waals surface area contributed by atoms with Gasteiger partial charge in [0, 0.05) is 5.56 Å². The summed E-state index contributed by atoms with van der Waals surface area (Å²) in [6, 6.07) is 5.06. The predicted molar refractivity (Wildman–Crippen MR) is 59.5 cm³/mol. The van der Waals surface area contributed by atoms with Crippen LogP contribution in [0.4, 0.5) is 0 Å². The van der Waals surface area contributed by atoms with Gasteiger partial charge in [0.25, 0.3) is 0 Å². The number of phenols is 1. The van der Waals surface area contributed by atoms with Crippen LogP contribution in [0.5, 0.6) is 5.75 Å². The van der Waals surface area contributed by atoms with Gasteiger partial charge in [0.15, 0.2) is 0 Å². The molecule has 4 N–H and O–H groups in total. The first kappa shape index (κ1) is 12.5. The molecule has 0 saturated heterocycles. The Labute approximate surface area is 94.2 Å². The highest BCUT2D eigenvalue weighted by molar-refractivity contribution is 5.74. The number of hydroxylamine groups is 1. The summed E-state index contributed by atoms with van der Waals surface area (Å²) < 4.78 is 0. The minimum Gasteiger partial charge on any atom is -0.508 e. The van der Waals surface area contributed by atoms with Crippen LogP contribution in [0.25, 0.3) is 0 Å². The highest BCUT2D eigenvalue weighted by atomic mass is 16.6. The SMILES string of the molecule is Cc1ccc(O)c(C(C)NOCC(N)=O)c1. The minimum absolute atomic E-state index is 0.188. The Balaban J connectivity index is 2.61. The fourth-order valence-corrected chi connectivity index (χ4v) is 1.32. The molecule has 16 heavy (non-hydrogen) atoms. The quantitative estimate of drug-likeness (QED) is 0.645. The molecule has 0 heterocycles. The first-order valence-corrected chi connectivity index (χ1v) is 4.96. The maximum atomic E-state index is 10.4. The van der Waals surface area contributed by atoms with Crippen molar-refractivity contribution in [3.05, 3.63) is 29.3 Å². The van der Waals surface area contributed by atoms with Crippen LogP contribution in [-0.2, 0) is 9.63 Å². The van der Waals surface area contributed by atoms with Crippen molar-refractivity contribution in [1.29, 1.82) is 0 Å². The Hall–Kier alpha value is -1.59. The number of carbonyl (C=O) groups is 1. The molecule has 5 heteroatoms. The molecule has 0 aromatic heterocycles. The number of amides is 1. The van der Waals surface area contributed by atoms with Crippen LogP contribution in [0.15, 0.2) is 18.2 Å². The van der Waals surface area contributed by atoms with E-state index in [1.54, 1.807) is 6.07 Å². The van der Waals surface area contributed by atoms with Crippen molar-refractivity contribution in [2.45, 2.75) is 19.9 Å². The van der Waals surface area contributed by atoms with Gasteiger partial charge in [-0.05, 0) is 19.9 Å². The molecule has 88 valence electrons. The van der Waals surface area contributed by atoms with E-state index in [0.29, 0.717) is 5.56 Å². The molecule has 1 aromatic rings. The number of primary amides is 1. The Bertz CT molecular complexity index is 379. The second-order valence-corrected chi connectivity index (χ2v) is 3.66. The summed E-state index contributed by atoms with van der Waals surface area (Å²) in [7, 11) is 0. The molecule has 1 unspecified atom stereocenters. The lowest BCUT2D eigenvalue weighted by Gasteiger charge is -2.15. The molecule has 1 atom stereocenters. The lowest BCUT2D eigenvalue weighted by Crippen LogP contribution is -2.26. The number of nitrogens with two attached hydrogens (primary N) is 1. The molecule has 0 bridgehead atoms. The smallest absolute Gasteiger partial charge is 0.245 e. The van der Waals surface area contributed by atoms with Crippen molar-refractivity contribution in [3.8, 4) is 5.75 Å². The number of carbonyl (C=O) groups excluding carboxylic acids is 1. The van der Waals surface area contributed by atoms with E-state index in [0.717, 1.165) is 5.56 Å². The van der Waals surface area contributed by atoms with Gasteiger partial charge in [0.05, 0.1) is 6.04 Å².